The van der Waals surface area contributed by atoms with Crippen LogP contribution in [0.1, 0.15) is 6.92 Å². The normalized spacial score (nSPS) is 53.9. The monoisotopic (exact) mass is 812 g/mol. The summed E-state index contributed by atoms with van der Waals surface area (Å²) in [6, 6.07) is 0. The van der Waals surface area contributed by atoms with Crippen LogP contribution < -0.4 is 0 Å². The minimum atomic E-state index is -2.10. The molecular weight excluding hydrogens is 760 g/mol. The van der Waals surface area contributed by atoms with E-state index in [0.29, 0.717) is 0 Å². The van der Waals surface area contributed by atoms with E-state index in [0.717, 1.165) is 0 Å². The highest BCUT2D eigenvalue weighted by Gasteiger charge is 2.55. The highest BCUT2D eigenvalue weighted by atomic mass is 16.8. The first-order chi connectivity index (χ1) is 25.9. The molecule has 0 radical (unpaired) electrons. The van der Waals surface area contributed by atoms with Crippen LogP contribution in [0.5, 0.6) is 0 Å². The zero-order valence-electron chi connectivity index (χ0n) is 29.1. The number of aliphatic hydroxyl groups excluding tert-OH is 16. The molecule has 5 rings (SSSR count). The van der Waals surface area contributed by atoms with Gasteiger partial charge in [0.05, 0.1) is 32.5 Å². The molecule has 25 heteroatoms. The SMILES string of the molecule is C[C@@H]1O[C@@H](OC[C@H]2OC(O)[C@H](O)[C@@H](O)[C@@H]2O[C@H]2O[C@H](CO)[C@@H](O[C@H]3O[C@H](CO)[C@@H](O[C@H]4O[C@H](CO)[C@@H](O)[C@H](O)[C@H]4O)[C@H](O)[C@H]3O)[C@H](O)[C@H]2O)[C@H](O)[C@H](O)[C@H]1O. The Morgan fingerprint density at radius 1 is 0.364 bits per heavy atom. The predicted molar refractivity (Wildman–Crippen MR) is 165 cm³/mol. The van der Waals surface area contributed by atoms with E-state index in [2.05, 4.69) is 0 Å². The molecule has 5 aliphatic rings. The molecule has 0 spiro atoms. The molecule has 5 fully saturated rings. The Labute approximate surface area is 311 Å². The molecular formula is C30H52O25. The van der Waals surface area contributed by atoms with Crippen molar-refractivity contribution in [1.82, 2.24) is 0 Å². The molecule has 5 saturated heterocycles. The second-order valence-electron chi connectivity index (χ2n) is 14.0. The second kappa shape index (κ2) is 18.9. The van der Waals surface area contributed by atoms with Crippen molar-refractivity contribution in [3.8, 4) is 0 Å². The van der Waals surface area contributed by atoms with Crippen LogP contribution in [-0.2, 0) is 42.6 Å². The van der Waals surface area contributed by atoms with Gasteiger partial charge in [-0.1, -0.05) is 0 Å². The van der Waals surface area contributed by atoms with E-state index in [1.165, 1.54) is 6.92 Å². The standard InChI is InChI=1S/C30H52O25/c1-6-11(34)13(36)19(42)27(48-6)47-5-10-25(15(38)18(41)26(46)49-10)55-30-22(45)17(40)24(9(4-33)52-30)54-29-21(44)16(39)23(8(3-32)51-29)53-28-20(43)14(37)12(35)7(2-31)50-28/h6-46H,2-5H2,1H3/t6-,7+,8+,9+,10+,11-,12+,13+,14-,15+,16+,17+,18+,19+,20+,21+,22+,23+,24+,25+,26?,27+,28+,29+,30+/m0/s1. The Bertz CT molecular complexity index is 1190. The van der Waals surface area contributed by atoms with E-state index >= 15 is 0 Å². The van der Waals surface area contributed by atoms with E-state index in [-0.39, 0.29) is 0 Å². The molecule has 55 heavy (non-hydrogen) atoms. The lowest BCUT2D eigenvalue weighted by molar-refractivity contribution is -0.389. The molecule has 25 atom stereocenters. The van der Waals surface area contributed by atoms with Gasteiger partial charge in [0.25, 0.3) is 0 Å². The molecule has 1 unspecified atom stereocenters. The van der Waals surface area contributed by atoms with Gasteiger partial charge in [-0.2, -0.15) is 0 Å². The zero-order chi connectivity index (χ0) is 40.6. The van der Waals surface area contributed by atoms with Crippen LogP contribution >= 0.6 is 0 Å². The van der Waals surface area contributed by atoms with Gasteiger partial charge in [-0.3, -0.25) is 0 Å². The van der Waals surface area contributed by atoms with E-state index in [4.69, 9.17) is 42.6 Å². The molecule has 0 amide bonds. The lowest BCUT2D eigenvalue weighted by Gasteiger charge is -2.49. The molecule has 0 aromatic carbocycles. The van der Waals surface area contributed by atoms with Crippen molar-refractivity contribution in [1.29, 1.82) is 0 Å². The van der Waals surface area contributed by atoms with Crippen molar-refractivity contribution in [2.75, 3.05) is 26.4 Å². The smallest absolute Gasteiger partial charge is 0.187 e. The molecule has 322 valence electrons. The summed E-state index contributed by atoms with van der Waals surface area (Å²) in [6.45, 7) is -1.98. The Balaban J connectivity index is 1.24. The van der Waals surface area contributed by atoms with Crippen molar-refractivity contribution in [2.24, 2.45) is 0 Å². The average Bonchev–Trinajstić information content (AvgIpc) is 3.17. The van der Waals surface area contributed by atoms with Gasteiger partial charge in [-0.15, -0.1) is 0 Å². The summed E-state index contributed by atoms with van der Waals surface area (Å²) in [7, 11) is 0. The van der Waals surface area contributed by atoms with Crippen LogP contribution in [0.15, 0.2) is 0 Å². The van der Waals surface area contributed by atoms with Crippen LogP contribution in [0.2, 0.25) is 0 Å². The maximum Gasteiger partial charge on any atom is 0.187 e. The van der Waals surface area contributed by atoms with Gasteiger partial charge in [0.15, 0.2) is 31.5 Å². The summed E-state index contributed by atoms with van der Waals surface area (Å²) in [5, 5.41) is 166. The van der Waals surface area contributed by atoms with Gasteiger partial charge in [0.2, 0.25) is 0 Å². The van der Waals surface area contributed by atoms with Crippen molar-refractivity contribution >= 4 is 0 Å². The van der Waals surface area contributed by atoms with Gasteiger partial charge in [-0.25, -0.2) is 0 Å². The summed E-state index contributed by atoms with van der Waals surface area (Å²) >= 11 is 0. The fourth-order valence-corrected chi connectivity index (χ4v) is 6.87. The van der Waals surface area contributed by atoms with Gasteiger partial charge in [-0.05, 0) is 6.92 Å². The molecule has 0 aromatic rings. The topological polar surface area (TPSA) is 407 Å². The van der Waals surface area contributed by atoms with Crippen LogP contribution in [0.4, 0.5) is 0 Å². The van der Waals surface area contributed by atoms with Gasteiger partial charge >= 0.3 is 0 Å². The zero-order valence-corrected chi connectivity index (χ0v) is 29.1. The lowest BCUT2D eigenvalue weighted by atomic mass is 9.95. The largest absolute Gasteiger partial charge is 0.394 e. The van der Waals surface area contributed by atoms with Crippen molar-refractivity contribution in [2.45, 2.75) is 160 Å². The third-order valence-electron chi connectivity index (χ3n) is 10.3. The van der Waals surface area contributed by atoms with E-state index < -0.39 is 180 Å². The summed E-state index contributed by atoms with van der Waals surface area (Å²) in [6.07, 6.45) is -44.2. The first kappa shape index (κ1) is 45.1. The average molecular weight is 813 g/mol. The molecule has 5 aliphatic heterocycles. The minimum Gasteiger partial charge on any atom is -0.394 e. The fraction of sp³-hybridized carbons (Fsp3) is 1.00. The first-order valence-electron chi connectivity index (χ1n) is 17.5. The quantitative estimate of drug-likeness (QED) is 0.0870. The third kappa shape index (κ3) is 9.26. The predicted octanol–water partition coefficient (Wildman–Crippen LogP) is -10.9. The number of ether oxygens (including phenoxy) is 9. The number of rotatable bonds is 12. The Morgan fingerprint density at radius 2 is 0.745 bits per heavy atom. The maximum absolute atomic E-state index is 11.1. The molecule has 0 aliphatic carbocycles. The third-order valence-corrected chi connectivity index (χ3v) is 10.3. The number of hydrogen-bond donors (Lipinski definition) is 16. The van der Waals surface area contributed by atoms with Crippen LogP contribution in [-0.4, -0.2) is 262 Å². The van der Waals surface area contributed by atoms with Gasteiger partial charge in [0, 0.05) is 0 Å². The summed E-state index contributed by atoms with van der Waals surface area (Å²) < 4.78 is 49.4. The van der Waals surface area contributed by atoms with Crippen molar-refractivity contribution in [3.63, 3.8) is 0 Å². The molecule has 0 aromatic heterocycles. The molecule has 0 bridgehead atoms. The Kier molecular flexibility index (Phi) is 15.5. The van der Waals surface area contributed by atoms with Crippen LogP contribution in [0.25, 0.3) is 0 Å². The first-order valence-corrected chi connectivity index (χ1v) is 17.5. The summed E-state index contributed by atoms with van der Waals surface area (Å²) in [5.41, 5.74) is 0. The van der Waals surface area contributed by atoms with Crippen molar-refractivity contribution in [3.05, 3.63) is 0 Å². The Morgan fingerprint density at radius 3 is 1.22 bits per heavy atom. The van der Waals surface area contributed by atoms with E-state index in [1.807, 2.05) is 0 Å². The summed E-state index contributed by atoms with van der Waals surface area (Å²) in [5.74, 6) is 0. The highest BCUT2D eigenvalue weighted by molar-refractivity contribution is 4.98. The van der Waals surface area contributed by atoms with E-state index in [9.17, 15) is 81.7 Å². The van der Waals surface area contributed by atoms with E-state index in [1.54, 1.807) is 0 Å². The number of hydrogen-bond acceptors (Lipinski definition) is 25. The number of aliphatic hydroxyl groups is 16. The van der Waals surface area contributed by atoms with Crippen LogP contribution in [0.3, 0.4) is 0 Å². The fourth-order valence-electron chi connectivity index (χ4n) is 6.87. The Hall–Kier alpha value is -1.00. The maximum atomic E-state index is 11.1. The van der Waals surface area contributed by atoms with Crippen molar-refractivity contribution < 1.29 is 124 Å². The highest BCUT2D eigenvalue weighted by Crippen LogP contribution is 2.34. The van der Waals surface area contributed by atoms with Gasteiger partial charge in [0.1, 0.15) is 116 Å². The molecule has 25 nitrogen and oxygen atoms in total. The molecule has 5 heterocycles. The lowest BCUT2D eigenvalue weighted by Crippen LogP contribution is -2.67. The molecule has 0 saturated carbocycles. The minimum absolute atomic E-state index is 0.671. The van der Waals surface area contributed by atoms with Gasteiger partial charge < -0.3 is 124 Å². The second-order valence-corrected chi connectivity index (χ2v) is 14.0. The molecule has 16 N–H and O–H groups in total. The summed E-state index contributed by atoms with van der Waals surface area (Å²) in [4.78, 5) is 0. The van der Waals surface area contributed by atoms with Crippen LogP contribution in [0, 0.1) is 0 Å².